The van der Waals surface area contributed by atoms with Gasteiger partial charge in [-0.05, 0) is 69.0 Å². The molecule has 0 bridgehead atoms. The molecule has 1 amide bonds. The molecular weight excluding hydrogens is 404 g/mol. The average Bonchev–Trinajstić information content (AvgIpc) is 3.14. The first kappa shape index (κ1) is 21.5. The summed E-state index contributed by atoms with van der Waals surface area (Å²) < 4.78 is 7.02. The number of benzene rings is 2. The molecule has 7 nitrogen and oxygen atoms in total. The first-order valence-corrected chi connectivity index (χ1v) is 10.6. The molecule has 0 saturated heterocycles. The van der Waals surface area contributed by atoms with Gasteiger partial charge >= 0.3 is 5.97 Å². The molecular formula is C25H26N4O3. The number of aryl methyl sites for hydroxylation is 3. The van der Waals surface area contributed by atoms with Gasteiger partial charge in [-0.15, -0.1) is 0 Å². The van der Waals surface area contributed by atoms with E-state index in [9.17, 15) is 9.59 Å². The maximum Gasteiger partial charge on any atom is 0.306 e. The lowest BCUT2D eigenvalue weighted by molar-refractivity contribution is -0.147. The number of carbonyl (C=O) groups excluding carboxylic acids is 2. The Labute approximate surface area is 186 Å². The third kappa shape index (κ3) is 4.19. The Hall–Kier alpha value is -3.74. The van der Waals surface area contributed by atoms with E-state index >= 15 is 0 Å². The molecule has 2 heterocycles. The Morgan fingerprint density at radius 3 is 2.62 bits per heavy atom. The molecule has 1 N–H and O–H groups in total. The van der Waals surface area contributed by atoms with Gasteiger partial charge in [0.15, 0.2) is 12.3 Å². The molecule has 4 aromatic rings. The van der Waals surface area contributed by atoms with Gasteiger partial charge in [-0.1, -0.05) is 24.3 Å². The second kappa shape index (κ2) is 8.78. The summed E-state index contributed by atoms with van der Waals surface area (Å²) in [6.07, 6.45) is 0.626. The minimum Gasteiger partial charge on any atom is -0.456 e. The van der Waals surface area contributed by atoms with E-state index in [1.54, 1.807) is 0 Å². The number of anilines is 1. The van der Waals surface area contributed by atoms with E-state index in [0.29, 0.717) is 6.42 Å². The van der Waals surface area contributed by atoms with Crippen molar-refractivity contribution in [1.29, 1.82) is 0 Å². The van der Waals surface area contributed by atoms with Crippen LogP contribution in [0.15, 0.2) is 42.5 Å². The van der Waals surface area contributed by atoms with Crippen molar-refractivity contribution in [2.45, 2.75) is 40.5 Å². The minimum absolute atomic E-state index is 0.159. The Kier molecular flexibility index (Phi) is 5.90. The molecule has 0 aliphatic rings. The van der Waals surface area contributed by atoms with E-state index in [0.717, 1.165) is 50.3 Å². The van der Waals surface area contributed by atoms with Crippen molar-refractivity contribution in [1.82, 2.24) is 14.6 Å². The highest BCUT2D eigenvalue weighted by molar-refractivity contribution is 5.94. The van der Waals surface area contributed by atoms with Crippen LogP contribution in [0.5, 0.6) is 0 Å². The lowest BCUT2D eigenvalue weighted by Gasteiger charge is -2.12. The van der Waals surface area contributed by atoms with Crippen LogP contribution in [0.2, 0.25) is 0 Å². The van der Waals surface area contributed by atoms with Gasteiger partial charge in [0.1, 0.15) is 0 Å². The first-order chi connectivity index (χ1) is 15.3. The Bertz CT molecular complexity index is 1340. The zero-order valence-corrected chi connectivity index (χ0v) is 18.7. The fraction of sp³-hybridized carbons (Fsp3) is 0.280. The number of ether oxygens (including phenoxy) is 1. The quantitative estimate of drug-likeness (QED) is 0.463. The average molecular weight is 431 g/mol. The van der Waals surface area contributed by atoms with Crippen molar-refractivity contribution in [2.75, 3.05) is 11.9 Å². The number of amides is 1. The molecule has 0 atom stereocenters. The molecule has 2 aromatic carbocycles. The van der Waals surface area contributed by atoms with Crippen molar-refractivity contribution in [3.63, 3.8) is 0 Å². The second-order valence-electron chi connectivity index (χ2n) is 7.97. The number of aromatic nitrogens is 3. The molecule has 32 heavy (non-hydrogen) atoms. The number of nitrogens with one attached hydrogen (secondary N) is 1. The molecule has 2 aromatic heterocycles. The number of esters is 1. The van der Waals surface area contributed by atoms with Crippen molar-refractivity contribution in [3.05, 3.63) is 70.5 Å². The zero-order valence-electron chi connectivity index (χ0n) is 18.7. The summed E-state index contributed by atoms with van der Waals surface area (Å²) in [6.45, 7) is 7.52. The highest BCUT2D eigenvalue weighted by Crippen LogP contribution is 2.23. The molecule has 0 radical (unpaired) electrons. The van der Waals surface area contributed by atoms with Gasteiger partial charge in [0, 0.05) is 28.9 Å². The Morgan fingerprint density at radius 1 is 1.03 bits per heavy atom. The first-order valence-electron chi connectivity index (χ1n) is 10.6. The SMILES string of the molecule is Cc1cccc(NC(=O)COC(=O)CCc2c(C)nc3c4ccccc4nn3c2C)c1C. The number of hydrogen-bond acceptors (Lipinski definition) is 5. The monoisotopic (exact) mass is 430 g/mol. The predicted molar refractivity (Wildman–Crippen MR) is 124 cm³/mol. The molecule has 7 heteroatoms. The number of hydrogen-bond donors (Lipinski definition) is 1. The maximum absolute atomic E-state index is 12.3. The van der Waals surface area contributed by atoms with E-state index in [2.05, 4.69) is 10.4 Å². The summed E-state index contributed by atoms with van der Waals surface area (Å²) in [5, 5.41) is 8.43. The highest BCUT2D eigenvalue weighted by Gasteiger charge is 2.16. The van der Waals surface area contributed by atoms with Gasteiger partial charge in [0.2, 0.25) is 0 Å². The summed E-state index contributed by atoms with van der Waals surface area (Å²) in [6, 6.07) is 13.6. The molecule has 0 aliphatic heterocycles. The fourth-order valence-corrected chi connectivity index (χ4v) is 3.86. The largest absolute Gasteiger partial charge is 0.456 e. The summed E-state index contributed by atoms with van der Waals surface area (Å²) in [5.74, 6) is -0.781. The van der Waals surface area contributed by atoms with E-state index in [1.807, 2.05) is 74.7 Å². The van der Waals surface area contributed by atoms with Crippen LogP contribution < -0.4 is 5.32 Å². The predicted octanol–water partition coefficient (Wildman–Crippen LogP) is 4.23. The van der Waals surface area contributed by atoms with Crippen LogP contribution in [0.4, 0.5) is 5.69 Å². The molecule has 0 spiro atoms. The van der Waals surface area contributed by atoms with E-state index in [-0.39, 0.29) is 18.9 Å². The van der Waals surface area contributed by atoms with Crippen LogP contribution >= 0.6 is 0 Å². The maximum atomic E-state index is 12.3. The molecule has 0 fully saturated rings. The Balaban J connectivity index is 1.39. The summed E-state index contributed by atoms with van der Waals surface area (Å²) >= 11 is 0. The van der Waals surface area contributed by atoms with Gasteiger partial charge in [-0.25, -0.2) is 9.50 Å². The second-order valence-corrected chi connectivity index (χ2v) is 7.97. The van der Waals surface area contributed by atoms with Crippen LogP contribution in [0.3, 0.4) is 0 Å². The summed E-state index contributed by atoms with van der Waals surface area (Å²) in [4.78, 5) is 29.2. The standard InChI is InChI=1S/C25H26N4O3/c1-15-8-7-11-21(16(15)2)27-23(30)14-32-24(31)13-12-19-17(3)26-25-20-9-5-6-10-22(20)28-29(25)18(19)4/h5-11H,12-14H2,1-4H3,(H,27,30). The molecule has 4 rings (SSSR count). The normalized spacial score (nSPS) is 11.1. The lowest BCUT2D eigenvalue weighted by atomic mass is 10.1. The molecule has 164 valence electrons. The van der Waals surface area contributed by atoms with Crippen molar-refractivity contribution in [3.8, 4) is 0 Å². The van der Waals surface area contributed by atoms with Crippen LogP contribution in [0.1, 0.15) is 34.5 Å². The number of carbonyl (C=O) groups is 2. The molecule has 0 unspecified atom stereocenters. The molecule has 0 aliphatic carbocycles. The van der Waals surface area contributed by atoms with E-state index < -0.39 is 5.97 Å². The number of nitrogens with zero attached hydrogens (tertiary/aromatic N) is 3. The topological polar surface area (TPSA) is 85.6 Å². The van der Waals surface area contributed by atoms with Crippen molar-refractivity contribution >= 4 is 34.1 Å². The van der Waals surface area contributed by atoms with Gasteiger partial charge in [0.25, 0.3) is 5.91 Å². The van der Waals surface area contributed by atoms with E-state index in [4.69, 9.17) is 9.72 Å². The van der Waals surface area contributed by atoms with Crippen molar-refractivity contribution in [2.24, 2.45) is 0 Å². The zero-order chi connectivity index (χ0) is 22.8. The summed E-state index contributed by atoms with van der Waals surface area (Å²) in [7, 11) is 0. The number of rotatable bonds is 6. The molecule has 0 saturated carbocycles. The Morgan fingerprint density at radius 2 is 1.81 bits per heavy atom. The van der Waals surface area contributed by atoms with Gasteiger partial charge < -0.3 is 10.1 Å². The minimum atomic E-state index is -0.425. The van der Waals surface area contributed by atoms with Gasteiger partial charge in [0.05, 0.1) is 5.52 Å². The highest BCUT2D eigenvalue weighted by atomic mass is 16.5. The smallest absolute Gasteiger partial charge is 0.306 e. The van der Waals surface area contributed by atoms with E-state index in [1.165, 1.54) is 0 Å². The lowest BCUT2D eigenvalue weighted by Crippen LogP contribution is -2.21. The van der Waals surface area contributed by atoms with Crippen LogP contribution in [0.25, 0.3) is 16.6 Å². The number of fused-ring (bicyclic) bond motifs is 3. The van der Waals surface area contributed by atoms with Crippen molar-refractivity contribution < 1.29 is 14.3 Å². The third-order valence-corrected chi connectivity index (χ3v) is 5.84. The fourth-order valence-electron chi connectivity index (χ4n) is 3.86. The third-order valence-electron chi connectivity index (χ3n) is 5.84. The van der Waals surface area contributed by atoms with Crippen LogP contribution in [-0.2, 0) is 20.7 Å². The van der Waals surface area contributed by atoms with Crippen LogP contribution in [0, 0.1) is 27.7 Å². The summed E-state index contributed by atoms with van der Waals surface area (Å²) in [5.41, 5.74) is 7.27. The van der Waals surface area contributed by atoms with Crippen LogP contribution in [-0.4, -0.2) is 33.1 Å². The van der Waals surface area contributed by atoms with Gasteiger partial charge in [-0.2, -0.15) is 5.10 Å². The van der Waals surface area contributed by atoms with Gasteiger partial charge in [-0.3, -0.25) is 9.59 Å².